The molecule has 110 valence electrons. The van der Waals surface area contributed by atoms with Crippen molar-refractivity contribution in [2.45, 2.75) is 6.92 Å². The first-order chi connectivity index (χ1) is 10.1. The first-order valence-corrected chi connectivity index (χ1v) is 7.12. The maximum absolute atomic E-state index is 12.1. The first kappa shape index (κ1) is 15.2. The van der Waals surface area contributed by atoms with Gasteiger partial charge in [0.1, 0.15) is 0 Å². The average molecular weight is 304 g/mol. The molecule has 0 saturated heterocycles. The summed E-state index contributed by atoms with van der Waals surface area (Å²) in [5.74, 6) is -0.0819. The van der Waals surface area contributed by atoms with Crippen LogP contribution in [0.1, 0.15) is 6.92 Å². The van der Waals surface area contributed by atoms with Crippen molar-refractivity contribution in [3.05, 3.63) is 53.6 Å². The molecule has 0 aromatic heterocycles. The Morgan fingerprint density at radius 1 is 1.24 bits per heavy atom. The molecule has 0 aliphatic rings. The van der Waals surface area contributed by atoms with Gasteiger partial charge in [-0.05, 0) is 49.4 Å². The summed E-state index contributed by atoms with van der Waals surface area (Å²) in [5.41, 5.74) is 8.13. The Kier molecular flexibility index (Phi) is 5.06. The van der Waals surface area contributed by atoms with Gasteiger partial charge in [0.05, 0.1) is 6.54 Å². The summed E-state index contributed by atoms with van der Waals surface area (Å²) >= 11 is 5.82. The van der Waals surface area contributed by atoms with Crippen molar-refractivity contribution >= 4 is 34.6 Å². The monoisotopic (exact) mass is 303 g/mol. The van der Waals surface area contributed by atoms with E-state index in [1.807, 2.05) is 36.1 Å². The van der Waals surface area contributed by atoms with Gasteiger partial charge in [-0.3, -0.25) is 4.79 Å². The largest absolute Gasteiger partial charge is 0.399 e. The molecule has 2 rings (SSSR count). The van der Waals surface area contributed by atoms with Crippen molar-refractivity contribution in [3.8, 4) is 0 Å². The first-order valence-electron chi connectivity index (χ1n) is 6.74. The van der Waals surface area contributed by atoms with Gasteiger partial charge < -0.3 is 16.0 Å². The topological polar surface area (TPSA) is 58.4 Å². The van der Waals surface area contributed by atoms with E-state index in [4.69, 9.17) is 17.3 Å². The van der Waals surface area contributed by atoms with Crippen molar-refractivity contribution in [2.24, 2.45) is 0 Å². The molecule has 0 saturated carbocycles. The normalized spacial score (nSPS) is 10.2. The molecular formula is C16H18ClN3O. The number of benzene rings is 2. The zero-order valence-electron chi connectivity index (χ0n) is 11.8. The van der Waals surface area contributed by atoms with Crippen LogP contribution in [0.15, 0.2) is 48.5 Å². The van der Waals surface area contributed by atoms with Gasteiger partial charge in [-0.1, -0.05) is 17.7 Å². The lowest BCUT2D eigenvalue weighted by molar-refractivity contribution is -0.115. The van der Waals surface area contributed by atoms with Gasteiger partial charge in [-0.25, -0.2) is 0 Å². The van der Waals surface area contributed by atoms with Crippen molar-refractivity contribution in [3.63, 3.8) is 0 Å². The minimum absolute atomic E-state index is 0.0819. The quantitative estimate of drug-likeness (QED) is 0.832. The molecular weight excluding hydrogens is 286 g/mol. The van der Waals surface area contributed by atoms with Crippen molar-refractivity contribution in [1.29, 1.82) is 0 Å². The van der Waals surface area contributed by atoms with Crippen molar-refractivity contribution < 1.29 is 4.79 Å². The fourth-order valence-corrected chi connectivity index (χ4v) is 2.14. The molecule has 0 bridgehead atoms. The highest BCUT2D eigenvalue weighted by atomic mass is 35.5. The molecule has 0 aliphatic carbocycles. The summed E-state index contributed by atoms with van der Waals surface area (Å²) < 4.78 is 0. The van der Waals surface area contributed by atoms with Crippen molar-refractivity contribution in [1.82, 2.24) is 0 Å². The van der Waals surface area contributed by atoms with Gasteiger partial charge in [0, 0.05) is 28.6 Å². The highest BCUT2D eigenvalue weighted by Crippen LogP contribution is 2.18. The maximum Gasteiger partial charge on any atom is 0.243 e. The fourth-order valence-electron chi connectivity index (χ4n) is 2.01. The van der Waals surface area contributed by atoms with E-state index in [-0.39, 0.29) is 12.5 Å². The van der Waals surface area contributed by atoms with Crippen LogP contribution in [-0.2, 0) is 4.79 Å². The Bertz CT molecular complexity index is 613. The summed E-state index contributed by atoms with van der Waals surface area (Å²) in [5, 5.41) is 3.49. The second-order valence-corrected chi connectivity index (χ2v) is 5.10. The van der Waals surface area contributed by atoms with E-state index >= 15 is 0 Å². The average Bonchev–Trinajstić information content (AvgIpc) is 2.47. The number of amides is 1. The van der Waals surface area contributed by atoms with Crippen LogP contribution >= 0.6 is 11.6 Å². The Morgan fingerprint density at radius 2 is 1.95 bits per heavy atom. The minimum Gasteiger partial charge on any atom is -0.399 e. The van der Waals surface area contributed by atoms with E-state index in [0.717, 1.165) is 17.9 Å². The molecule has 2 aromatic rings. The summed E-state index contributed by atoms with van der Waals surface area (Å²) in [7, 11) is 0. The third-order valence-electron chi connectivity index (χ3n) is 3.08. The summed E-state index contributed by atoms with van der Waals surface area (Å²) in [6.45, 7) is 2.98. The number of likely N-dealkylation sites (N-methyl/N-ethyl adjacent to an activating group) is 1. The van der Waals surface area contributed by atoms with E-state index < -0.39 is 0 Å². The van der Waals surface area contributed by atoms with Crippen LogP contribution in [0.3, 0.4) is 0 Å². The Balaban J connectivity index is 2.01. The fraction of sp³-hybridized carbons (Fsp3) is 0.188. The van der Waals surface area contributed by atoms with E-state index in [1.165, 1.54) is 0 Å². The molecule has 0 aliphatic heterocycles. The van der Waals surface area contributed by atoms with E-state index in [9.17, 15) is 4.79 Å². The Labute approximate surface area is 129 Å². The predicted molar refractivity (Wildman–Crippen MR) is 88.8 cm³/mol. The van der Waals surface area contributed by atoms with Gasteiger partial charge in [0.25, 0.3) is 0 Å². The third kappa shape index (κ3) is 4.39. The van der Waals surface area contributed by atoms with Crippen LogP contribution in [0.5, 0.6) is 0 Å². The van der Waals surface area contributed by atoms with Gasteiger partial charge in [-0.2, -0.15) is 0 Å². The number of nitrogens with two attached hydrogens (primary N) is 1. The molecule has 2 aromatic carbocycles. The molecule has 21 heavy (non-hydrogen) atoms. The molecule has 5 heteroatoms. The summed E-state index contributed by atoms with van der Waals surface area (Å²) in [6, 6.07) is 14.5. The number of nitrogens with zero attached hydrogens (tertiary/aromatic N) is 1. The van der Waals surface area contributed by atoms with Gasteiger partial charge in [0.15, 0.2) is 0 Å². The van der Waals surface area contributed by atoms with E-state index in [2.05, 4.69) is 5.32 Å². The highest BCUT2D eigenvalue weighted by molar-refractivity contribution is 6.30. The summed E-state index contributed by atoms with van der Waals surface area (Å²) in [6.07, 6.45) is 0. The van der Waals surface area contributed by atoms with Gasteiger partial charge in [-0.15, -0.1) is 0 Å². The zero-order valence-corrected chi connectivity index (χ0v) is 12.6. The Morgan fingerprint density at radius 3 is 2.57 bits per heavy atom. The lowest BCUT2D eigenvalue weighted by Gasteiger charge is -2.22. The summed E-state index contributed by atoms with van der Waals surface area (Å²) in [4.78, 5) is 14.1. The number of nitrogen functional groups attached to an aromatic ring is 1. The number of carbonyl (C=O) groups excluding carboxylic acids is 1. The number of anilines is 3. The number of halogens is 1. The zero-order chi connectivity index (χ0) is 15.2. The third-order valence-corrected chi connectivity index (χ3v) is 3.33. The number of rotatable bonds is 5. The van der Waals surface area contributed by atoms with Crippen molar-refractivity contribution in [2.75, 3.05) is 29.0 Å². The van der Waals surface area contributed by atoms with Gasteiger partial charge >= 0.3 is 0 Å². The van der Waals surface area contributed by atoms with Crippen LogP contribution < -0.4 is 16.0 Å². The standard InChI is InChI=1S/C16H18ClN3O/c1-2-20(15-5-3-4-13(18)10-15)11-16(21)19-14-8-6-12(17)7-9-14/h3-10H,2,11,18H2,1H3,(H,19,21). The van der Waals surface area contributed by atoms with Crippen LogP contribution in [0.2, 0.25) is 5.02 Å². The SMILES string of the molecule is CCN(CC(=O)Nc1ccc(Cl)cc1)c1cccc(N)c1. The van der Waals surface area contributed by atoms with Gasteiger partial charge in [0.2, 0.25) is 5.91 Å². The molecule has 0 radical (unpaired) electrons. The molecule has 0 unspecified atom stereocenters. The maximum atomic E-state index is 12.1. The number of carbonyl (C=O) groups is 1. The lowest BCUT2D eigenvalue weighted by Crippen LogP contribution is -2.33. The molecule has 3 N–H and O–H groups in total. The van der Waals surface area contributed by atoms with Crippen LogP contribution in [0.4, 0.5) is 17.1 Å². The van der Waals surface area contributed by atoms with E-state index in [1.54, 1.807) is 24.3 Å². The lowest BCUT2D eigenvalue weighted by atomic mass is 10.2. The minimum atomic E-state index is -0.0819. The number of nitrogens with one attached hydrogen (secondary N) is 1. The second kappa shape index (κ2) is 6.99. The van der Waals surface area contributed by atoms with Crippen LogP contribution in [0, 0.1) is 0 Å². The van der Waals surface area contributed by atoms with Crippen LogP contribution in [0.25, 0.3) is 0 Å². The highest BCUT2D eigenvalue weighted by Gasteiger charge is 2.10. The molecule has 1 amide bonds. The predicted octanol–water partition coefficient (Wildman–Crippen LogP) is 3.39. The van der Waals surface area contributed by atoms with E-state index in [0.29, 0.717) is 10.7 Å². The molecule has 4 nitrogen and oxygen atoms in total. The van der Waals surface area contributed by atoms with Crippen LogP contribution in [-0.4, -0.2) is 19.0 Å². The molecule has 0 atom stereocenters. The second-order valence-electron chi connectivity index (χ2n) is 4.66. The molecule has 0 heterocycles. The smallest absolute Gasteiger partial charge is 0.243 e. The number of hydrogen-bond donors (Lipinski definition) is 2. The number of hydrogen-bond acceptors (Lipinski definition) is 3. The molecule has 0 spiro atoms. The molecule has 0 fully saturated rings. The Hall–Kier alpha value is -2.20.